The fraction of sp³-hybridized carbons (Fsp3) is 0.167. The summed E-state index contributed by atoms with van der Waals surface area (Å²) in [6.07, 6.45) is -10.3. The van der Waals surface area contributed by atoms with Gasteiger partial charge in [0.15, 0.2) is 11.4 Å². The van der Waals surface area contributed by atoms with E-state index < -0.39 is 50.5 Å². The number of aryl methyl sites for hydroxylation is 1. The molecule has 2 aromatic carbocycles. The van der Waals surface area contributed by atoms with E-state index >= 15 is 0 Å². The maximum absolute atomic E-state index is 13.9. The van der Waals surface area contributed by atoms with Gasteiger partial charge in [0.1, 0.15) is 5.75 Å². The van der Waals surface area contributed by atoms with Gasteiger partial charge in [-0.25, -0.2) is 17.8 Å². The molecule has 0 aliphatic carbocycles. The highest BCUT2D eigenvalue weighted by atomic mass is 35.5. The monoisotopic (exact) mass is 562 g/mol. The lowest BCUT2D eigenvalue weighted by atomic mass is 10.2. The number of sulfonamides is 1. The summed E-state index contributed by atoms with van der Waals surface area (Å²) < 4.78 is 108. The Balaban J connectivity index is 1.98. The zero-order valence-corrected chi connectivity index (χ0v) is 19.2. The van der Waals surface area contributed by atoms with Crippen molar-refractivity contribution in [2.75, 3.05) is 0 Å². The van der Waals surface area contributed by atoms with Crippen molar-refractivity contribution in [3.05, 3.63) is 63.4 Å². The van der Waals surface area contributed by atoms with E-state index in [-0.39, 0.29) is 26.0 Å². The van der Waals surface area contributed by atoms with E-state index in [0.717, 1.165) is 6.07 Å². The zero-order valence-electron chi connectivity index (χ0n) is 16.9. The van der Waals surface area contributed by atoms with Crippen molar-refractivity contribution >= 4 is 39.1 Å². The molecule has 0 fully saturated rings. The Labute approximate surface area is 202 Å². The molecule has 1 amide bonds. The van der Waals surface area contributed by atoms with Crippen LogP contribution in [0.25, 0.3) is 5.69 Å². The van der Waals surface area contributed by atoms with Crippen molar-refractivity contribution in [1.82, 2.24) is 19.7 Å². The lowest BCUT2D eigenvalue weighted by Gasteiger charge is -2.14. The van der Waals surface area contributed by atoms with Crippen LogP contribution in [0, 0.1) is 6.92 Å². The second-order valence-corrected chi connectivity index (χ2v) is 9.23. The molecule has 3 rings (SSSR count). The number of amides is 1. The van der Waals surface area contributed by atoms with Gasteiger partial charge in [0.2, 0.25) is 0 Å². The van der Waals surface area contributed by atoms with Gasteiger partial charge in [0.25, 0.3) is 15.9 Å². The number of aromatic nitrogens is 3. The van der Waals surface area contributed by atoms with Crippen molar-refractivity contribution in [2.45, 2.75) is 24.4 Å². The lowest BCUT2D eigenvalue weighted by Crippen LogP contribution is -2.32. The summed E-state index contributed by atoms with van der Waals surface area (Å²) in [7, 11) is -4.83. The average molecular weight is 563 g/mol. The molecular weight excluding hydrogens is 553 g/mol. The van der Waals surface area contributed by atoms with E-state index in [2.05, 4.69) is 15.0 Å². The van der Waals surface area contributed by atoms with Gasteiger partial charge >= 0.3 is 12.5 Å². The first-order chi connectivity index (χ1) is 16.0. The highest BCUT2D eigenvalue weighted by Crippen LogP contribution is 2.36. The predicted octanol–water partition coefficient (Wildman–Crippen LogP) is 4.92. The van der Waals surface area contributed by atoms with E-state index in [0.29, 0.717) is 24.3 Å². The third kappa shape index (κ3) is 5.97. The summed E-state index contributed by atoms with van der Waals surface area (Å²) in [5, 5.41) is 6.34. The smallest absolute Gasteiger partial charge is 0.406 e. The number of hydrogen-bond acceptors (Lipinski definition) is 6. The van der Waals surface area contributed by atoms with Crippen LogP contribution in [0.2, 0.25) is 10.0 Å². The third-order valence-corrected chi connectivity index (χ3v) is 6.03. The molecule has 35 heavy (non-hydrogen) atoms. The molecule has 0 bridgehead atoms. The summed E-state index contributed by atoms with van der Waals surface area (Å²) in [5.74, 6) is -2.57. The van der Waals surface area contributed by atoms with E-state index in [4.69, 9.17) is 23.2 Å². The fourth-order valence-corrected chi connectivity index (χ4v) is 4.49. The number of nitrogens with zero attached hydrogens (tertiary/aromatic N) is 3. The molecule has 188 valence electrons. The molecule has 1 N–H and O–H groups in total. The first kappa shape index (κ1) is 26.6. The summed E-state index contributed by atoms with van der Waals surface area (Å²) in [5.41, 5.74) is -3.30. The average Bonchev–Trinajstić information content (AvgIpc) is 3.11. The number of alkyl halides is 6. The Hall–Kier alpha value is -3.04. The quantitative estimate of drug-likeness (QED) is 0.443. The normalized spacial score (nSPS) is 12.5. The summed E-state index contributed by atoms with van der Waals surface area (Å²) in [4.78, 5) is 11.8. The molecule has 0 atom stereocenters. The van der Waals surface area contributed by atoms with Gasteiger partial charge in [-0.1, -0.05) is 28.4 Å². The van der Waals surface area contributed by atoms with Gasteiger partial charge in [0, 0.05) is 5.02 Å². The molecule has 0 saturated carbocycles. The number of halogens is 8. The van der Waals surface area contributed by atoms with Crippen molar-refractivity contribution < 1.29 is 44.3 Å². The maximum atomic E-state index is 13.9. The highest BCUT2D eigenvalue weighted by Gasteiger charge is 2.43. The topological polar surface area (TPSA) is 103 Å². The van der Waals surface area contributed by atoms with Crippen LogP contribution >= 0.6 is 23.2 Å². The zero-order chi connectivity index (χ0) is 26.3. The molecule has 17 heteroatoms. The first-order valence-electron chi connectivity index (χ1n) is 8.91. The number of carbonyl (C=O) groups is 1. The Morgan fingerprint density at radius 3 is 2.17 bits per heavy atom. The van der Waals surface area contributed by atoms with E-state index in [9.17, 15) is 39.6 Å². The molecule has 1 aromatic heterocycles. The van der Waals surface area contributed by atoms with Crippen LogP contribution in [0.5, 0.6) is 5.75 Å². The van der Waals surface area contributed by atoms with Gasteiger partial charge in [-0.3, -0.25) is 4.79 Å². The number of hydrogen-bond donors (Lipinski definition) is 1. The molecule has 0 aliphatic rings. The van der Waals surface area contributed by atoms with Crippen LogP contribution in [0.3, 0.4) is 0 Å². The van der Waals surface area contributed by atoms with Gasteiger partial charge < -0.3 is 4.74 Å². The van der Waals surface area contributed by atoms with Crippen molar-refractivity contribution in [3.63, 3.8) is 0 Å². The van der Waals surface area contributed by atoms with Crippen molar-refractivity contribution in [1.29, 1.82) is 0 Å². The summed E-state index contributed by atoms with van der Waals surface area (Å²) >= 11 is 11.8. The molecule has 8 nitrogen and oxygen atoms in total. The largest absolute Gasteiger partial charge is 0.573 e. The lowest BCUT2D eigenvalue weighted by molar-refractivity contribution is -0.274. The minimum Gasteiger partial charge on any atom is -0.406 e. The standard InChI is InChI=1S/C18H10Cl2F6N4O4S/c1-8-6-9(19)7-12(20)14(8)30-15(17(21,22)23)13(27-29-30)16(31)28-35(32,33)11-4-2-10(3-5-11)34-18(24,25)26/h2-7H,1H3,(H,28,31). The van der Waals surface area contributed by atoms with Crippen molar-refractivity contribution in [2.24, 2.45) is 0 Å². The molecule has 0 unspecified atom stereocenters. The third-order valence-electron chi connectivity index (χ3n) is 4.18. The van der Waals surface area contributed by atoms with E-state index in [1.807, 2.05) is 0 Å². The van der Waals surface area contributed by atoms with Crippen LogP contribution in [0.1, 0.15) is 21.7 Å². The van der Waals surface area contributed by atoms with E-state index in [1.54, 1.807) is 0 Å². The van der Waals surface area contributed by atoms with Crippen LogP contribution < -0.4 is 9.46 Å². The van der Waals surface area contributed by atoms with Crippen LogP contribution in [-0.2, 0) is 16.2 Å². The number of ether oxygens (including phenoxy) is 1. The fourth-order valence-electron chi connectivity index (χ4n) is 2.86. The highest BCUT2D eigenvalue weighted by molar-refractivity contribution is 7.90. The number of benzene rings is 2. The number of nitrogens with one attached hydrogen (secondary N) is 1. The molecule has 0 saturated heterocycles. The van der Waals surface area contributed by atoms with Gasteiger partial charge in [-0.2, -0.15) is 13.2 Å². The molecular formula is C18H10Cl2F6N4O4S. The molecule has 0 spiro atoms. The second-order valence-electron chi connectivity index (χ2n) is 6.70. The van der Waals surface area contributed by atoms with Crippen LogP contribution in [-0.4, -0.2) is 35.7 Å². The van der Waals surface area contributed by atoms with Crippen LogP contribution in [0.15, 0.2) is 41.3 Å². The Morgan fingerprint density at radius 2 is 1.66 bits per heavy atom. The summed E-state index contributed by atoms with van der Waals surface area (Å²) in [6.45, 7) is 1.37. The minimum atomic E-state index is -5.24. The predicted molar refractivity (Wildman–Crippen MR) is 109 cm³/mol. The number of carbonyl (C=O) groups excluding carboxylic acids is 1. The molecule has 0 aliphatic heterocycles. The second kappa shape index (κ2) is 9.20. The van der Waals surface area contributed by atoms with E-state index in [1.165, 1.54) is 17.7 Å². The van der Waals surface area contributed by atoms with Crippen LogP contribution in [0.4, 0.5) is 26.3 Å². The SMILES string of the molecule is Cc1cc(Cl)cc(Cl)c1-n1nnc(C(=O)NS(=O)(=O)c2ccc(OC(F)(F)F)cc2)c1C(F)(F)F. The molecule has 0 radical (unpaired) electrons. The van der Waals surface area contributed by atoms with Crippen molar-refractivity contribution in [3.8, 4) is 11.4 Å². The molecule has 1 heterocycles. The van der Waals surface area contributed by atoms with Gasteiger partial charge in [-0.15, -0.1) is 18.3 Å². The minimum absolute atomic E-state index is 0.112. The molecule has 3 aromatic rings. The first-order valence-corrected chi connectivity index (χ1v) is 11.2. The maximum Gasteiger partial charge on any atom is 0.573 e. The Kier molecular flexibility index (Phi) is 6.98. The van der Waals surface area contributed by atoms with Gasteiger partial charge in [0.05, 0.1) is 15.6 Å². The Bertz CT molecular complexity index is 1370. The van der Waals surface area contributed by atoms with Gasteiger partial charge in [-0.05, 0) is 48.9 Å². The number of rotatable bonds is 5. The summed E-state index contributed by atoms with van der Waals surface area (Å²) in [6, 6.07) is 4.97. The Morgan fingerprint density at radius 1 is 1.06 bits per heavy atom.